The third-order valence-electron chi connectivity index (χ3n) is 4.13. The summed E-state index contributed by atoms with van der Waals surface area (Å²) in [7, 11) is 0. The summed E-state index contributed by atoms with van der Waals surface area (Å²) in [5, 5.41) is 6.51. The Balaban J connectivity index is 0.00000161. The molecule has 1 aromatic rings. The third kappa shape index (κ3) is 4.19. The Kier molecular flexibility index (Phi) is 6.03. The number of carbonyl (C=O) groups excluding carboxylic acids is 1. The normalized spacial score (nSPS) is 24.6. The van der Waals surface area contributed by atoms with Crippen LogP contribution in [0.2, 0.25) is 0 Å². The van der Waals surface area contributed by atoms with Crippen LogP contribution >= 0.6 is 12.4 Å². The summed E-state index contributed by atoms with van der Waals surface area (Å²) < 4.78 is 5.39. The number of morpholine rings is 1. The van der Waals surface area contributed by atoms with Gasteiger partial charge in [0.25, 0.3) is 0 Å². The van der Waals surface area contributed by atoms with Gasteiger partial charge in [-0.05, 0) is 30.4 Å². The molecule has 1 fully saturated rings. The second-order valence-corrected chi connectivity index (χ2v) is 5.64. The maximum absolute atomic E-state index is 12.2. The van der Waals surface area contributed by atoms with E-state index in [1.54, 1.807) is 0 Å². The molecule has 2 atom stereocenters. The van der Waals surface area contributed by atoms with Crippen molar-refractivity contribution in [3.8, 4) is 0 Å². The first kappa shape index (κ1) is 16.3. The Labute approximate surface area is 132 Å². The molecule has 0 radical (unpaired) electrons. The van der Waals surface area contributed by atoms with Gasteiger partial charge in [-0.1, -0.05) is 24.3 Å². The Morgan fingerprint density at radius 2 is 2.24 bits per heavy atom. The molecule has 21 heavy (non-hydrogen) atoms. The molecule has 1 heterocycles. The first-order chi connectivity index (χ1) is 9.83. The average molecular weight is 311 g/mol. The fourth-order valence-electron chi connectivity index (χ4n) is 3.13. The summed E-state index contributed by atoms with van der Waals surface area (Å²) in [6.45, 7) is 2.22. The third-order valence-corrected chi connectivity index (χ3v) is 4.13. The van der Waals surface area contributed by atoms with Crippen molar-refractivity contribution < 1.29 is 9.53 Å². The van der Waals surface area contributed by atoms with Crippen LogP contribution in [0.3, 0.4) is 0 Å². The zero-order chi connectivity index (χ0) is 13.8. The first-order valence-electron chi connectivity index (χ1n) is 7.51. The molecule has 5 heteroatoms. The molecule has 1 amide bonds. The van der Waals surface area contributed by atoms with Crippen molar-refractivity contribution in [1.82, 2.24) is 10.6 Å². The van der Waals surface area contributed by atoms with Crippen LogP contribution in [0.5, 0.6) is 0 Å². The zero-order valence-electron chi connectivity index (χ0n) is 12.1. The van der Waals surface area contributed by atoms with Gasteiger partial charge in [0, 0.05) is 19.0 Å². The molecule has 1 saturated heterocycles. The quantitative estimate of drug-likeness (QED) is 0.897. The minimum atomic E-state index is 0. The van der Waals surface area contributed by atoms with Gasteiger partial charge in [-0.15, -0.1) is 12.4 Å². The highest BCUT2D eigenvalue weighted by Crippen LogP contribution is 2.29. The maximum Gasteiger partial charge on any atom is 0.222 e. The molecule has 1 aromatic carbocycles. The van der Waals surface area contributed by atoms with Crippen LogP contribution in [0.1, 0.15) is 36.4 Å². The summed E-state index contributed by atoms with van der Waals surface area (Å²) in [5.74, 6) is 0.120. The molecular weight excluding hydrogens is 288 g/mol. The number of hydrogen-bond donors (Lipinski definition) is 2. The minimum absolute atomic E-state index is 0. The van der Waals surface area contributed by atoms with E-state index in [2.05, 4.69) is 34.9 Å². The molecule has 1 aliphatic heterocycles. The average Bonchev–Trinajstić information content (AvgIpc) is 2.48. The van der Waals surface area contributed by atoms with Crippen LogP contribution in [0.15, 0.2) is 24.3 Å². The number of aryl methyl sites for hydroxylation is 1. The van der Waals surface area contributed by atoms with Crippen molar-refractivity contribution >= 4 is 18.3 Å². The SMILES string of the molecule is Cl.O=C(CC1COCCN1)NC1CCCc2ccccc21. The molecule has 2 unspecified atom stereocenters. The minimum Gasteiger partial charge on any atom is -0.378 e. The molecule has 0 saturated carbocycles. The van der Waals surface area contributed by atoms with Gasteiger partial charge in [0.2, 0.25) is 5.91 Å². The molecule has 1 aliphatic carbocycles. The fourth-order valence-corrected chi connectivity index (χ4v) is 3.13. The van der Waals surface area contributed by atoms with E-state index >= 15 is 0 Å². The van der Waals surface area contributed by atoms with Gasteiger partial charge in [-0.25, -0.2) is 0 Å². The molecule has 0 spiro atoms. The lowest BCUT2D eigenvalue weighted by Crippen LogP contribution is -2.44. The summed E-state index contributed by atoms with van der Waals surface area (Å²) in [6, 6.07) is 8.78. The van der Waals surface area contributed by atoms with Gasteiger partial charge in [-0.2, -0.15) is 0 Å². The predicted octanol–water partition coefficient (Wildman–Crippen LogP) is 1.98. The fraction of sp³-hybridized carbons (Fsp3) is 0.562. The van der Waals surface area contributed by atoms with E-state index in [4.69, 9.17) is 4.74 Å². The van der Waals surface area contributed by atoms with Gasteiger partial charge < -0.3 is 15.4 Å². The van der Waals surface area contributed by atoms with Crippen molar-refractivity contribution in [2.45, 2.75) is 37.8 Å². The summed E-state index contributed by atoms with van der Waals surface area (Å²) in [4.78, 5) is 12.2. The molecule has 116 valence electrons. The lowest BCUT2D eigenvalue weighted by molar-refractivity contribution is -0.123. The van der Waals surface area contributed by atoms with Crippen molar-refractivity contribution in [1.29, 1.82) is 0 Å². The van der Waals surface area contributed by atoms with Crippen LogP contribution in [0, 0.1) is 0 Å². The van der Waals surface area contributed by atoms with E-state index in [1.807, 2.05) is 0 Å². The van der Waals surface area contributed by atoms with Crippen molar-refractivity contribution in [2.75, 3.05) is 19.8 Å². The molecule has 2 N–H and O–H groups in total. The number of carbonyl (C=O) groups is 1. The number of nitrogens with one attached hydrogen (secondary N) is 2. The molecule has 0 bridgehead atoms. The van der Waals surface area contributed by atoms with Gasteiger partial charge in [0.05, 0.1) is 19.3 Å². The second-order valence-electron chi connectivity index (χ2n) is 5.64. The number of halogens is 1. The Bertz CT molecular complexity index is 475. The molecule has 2 aliphatic rings. The van der Waals surface area contributed by atoms with Gasteiger partial charge in [-0.3, -0.25) is 4.79 Å². The Morgan fingerprint density at radius 1 is 1.38 bits per heavy atom. The van der Waals surface area contributed by atoms with E-state index in [-0.39, 0.29) is 30.4 Å². The van der Waals surface area contributed by atoms with Crippen molar-refractivity contribution in [3.05, 3.63) is 35.4 Å². The topological polar surface area (TPSA) is 50.4 Å². The van der Waals surface area contributed by atoms with Gasteiger partial charge in [0.1, 0.15) is 0 Å². The number of amides is 1. The van der Waals surface area contributed by atoms with Gasteiger partial charge >= 0.3 is 0 Å². The van der Waals surface area contributed by atoms with E-state index in [0.717, 1.165) is 32.4 Å². The molecular formula is C16H23ClN2O2. The van der Waals surface area contributed by atoms with Crippen LogP contribution in [-0.4, -0.2) is 31.7 Å². The van der Waals surface area contributed by atoms with Crippen LogP contribution in [0.4, 0.5) is 0 Å². The molecule has 4 nitrogen and oxygen atoms in total. The monoisotopic (exact) mass is 310 g/mol. The number of rotatable bonds is 3. The number of fused-ring (bicyclic) bond motifs is 1. The van der Waals surface area contributed by atoms with E-state index in [0.29, 0.717) is 13.0 Å². The van der Waals surface area contributed by atoms with Crippen LogP contribution < -0.4 is 10.6 Å². The summed E-state index contributed by atoms with van der Waals surface area (Å²) in [5.41, 5.74) is 2.67. The highest BCUT2D eigenvalue weighted by Gasteiger charge is 2.23. The number of ether oxygens (including phenoxy) is 1. The first-order valence-corrected chi connectivity index (χ1v) is 7.51. The maximum atomic E-state index is 12.2. The largest absolute Gasteiger partial charge is 0.378 e. The zero-order valence-corrected chi connectivity index (χ0v) is 13.0. The highest BCUT2D eigenvalue weighted by atomic mass is 35.5. The van der Waals surface area contributed by atoms with E-state index in [1.165, 1.54) is 11.1 Å². The highest BCUT2D eigenvalue weighted by molar-refractivity contribution is 5.85. The van der Waals surface area contributed by atoms with Gasteiger partial charge in [0.15, 0.2) is 0 Å². The summed E-state index contributed by atoms with van der Waals surface area (Å²) >= 11 is 0. The van der Waals surface area contributed by atoms with E-state index < -0.39 is 0 Å². The Hall–Kier alpha value is -1.10. The number of benzene rings is 1. The van der Waals surface area contributed by atoms with Crippen molar-refractivity contribution in [2.24, 2.45) is 0 Å². The molecule has 0 aromatic heterocycles. The van der Waals surface area contributed by atoms with E-state index in [9.17, 15) is 4.79 Å². The van der Waals surface area contributed by atoms with Crippen LogP contribution in [0.25, 0.3) is 0 Å². The second kappa shape index (κ2) is 7.78. The predicted molar refractivity (Wildman–Crippen MR) is 84.7 cm³/mol. The lowest BCUT2D eigenvalue weighted by Gasteiger charge is -2.28. The number of hydrogen-bond acceptors (Lipinski definition) is 3. The van der Waals surface area contributed by atoms with Crippen molar-refractivity contribution in [3.63, 3.8) is 0 Å². The smallest absolute Gasteiger partial charge is 0.222 e. The standard InChI is InChI=1S/C16H22N2O2.ClH/c19-16(10-13-11-20-9-8-17-13)18-15-7-3-5-12-4-1-2-6-14(12)15;/h1-2,4,6,13,15,17H,3,5,7-11H2,(H,18,19);1H. The van der Waals surface area contributed by atoms with Crippen LogP contribution in [-0.2, 0) is 16.0 Å². The summed E-state index contributed by atoms with van der Waals surface area (Å²) in [6.07, 6.45) is 3.81. The Morgan fingerprint density at radius 3 is 3.05 bits per heavy atom. The molecule has 3 rings (SSSR count). The lowest BCUT2D eigenvalue weighted by atomic mass is 9.87.